The molecule has 3 rings (SSSR count). The predicted molar refractivity (Wildman–Crippen MR) is 75.0 cm³/mol. The monoisotopic (exact) mass is 266 g/mol. The van der Waals surface area contributed by atoms with Crippen LogP contribution in [0.1, 0.15) is 18.5 Å². The number of aromatic nitrogens is 5. The molecule has 0 fully saturated rings. The summed E-state index contributed by atoms with van der Waals surface area (Å²) in [6.45, 7) is 1.90. The lowest BCUT2D eigenvalue weighted by Crippen LogP contribution is -2.13. The fourth-order valence-corrected chi connectivity index (χ4v) is 1.94. The fourth-order valence-electron chi connectivity index (χ4n) is 1.94. The summed E-state index contributed by atoms with van der Waals surface area (Å²) in [5.41, 5.74) is 7.73. The Hall–Kier alpha value is -2.60. The van der Waals surface area contributed by atoms with E-state index in [9.17, 15) is 0 Å². The maximum Gasteiger partial charge on any atom is 0.205 e. The van der Waals surface area contributed by atoms with E-state index < -0.39 is 0 Å². The van der Waals surface area contributed by atoms with Crippen LogP contribution in [0.25, 0.3) is 17.2 Å². The molecule has 0 saturated carbocycles. The van der Waals surface area contributed by atoms with Gasteiger partial charge in [-0.25, -0.2) is 4.98 Å². The van der Waals surface area contributed by atoms with Gasteiger partial charge in [-0.05, 0) is 18.2 Å². The SMILES string of the molecule is CC(N)c1cccnc1-n1nnc(-c2ccccc2)n1. The van der Waals surface area contributed by atoms with E-state index in [1.54, 1.807) is 6.20 Å². The standard InChI is InChI=1S/C14H14N6/c1-10(15)12-8-5-9-16-14(12)20-18-13(17-19-20)11-6-3-2-4-7-11/h2-10H,15H2,1H3. The number of tetrazole rings is 1. The van der Waals surface area contributed by atoms with Crippen molar-refractivity contribution in [3.05, 3.63) is 54.2 Å². The number of hydrogen-bond donors (Lipinski definition) is 1. The van der Waals surface area contributed by atoms with Gasteiger partial charge in [0.25, 0.3) is 0 Å². The first-order valence-electron chi connectivity index (χ1n) is 6.32. The summed E-state index contributed by atoms with van der Waals surface area (Å²) in [6, 6.07) is 13.3. The molecule has 2 N–H and O–H groups in total. The van der Waals surface area contributed by atoms with Crippen molar-refractivity contribution in [2.24, 2.45) is 5.73 Å². The van der Waals surface area contributed by atoms with Crippen LogP contribution in [0.4, 0.5) is 0 Å². The predicted octanol–water partition coefficient (Wildman–Crippen LogP) is 1.74. The highest BCUT2D eigenvalue weighted by Crippen LogP contribution is 2.18. The zero-order chi connectivity index (χ0) is 13.9. The molecule has 20 heavy (non-hydrogen) atoms. The van der Waals surface area contributed by atoms with Crippen molar-refractivity contribution in [3.8, 4) is 17.2 Å². The Morgan fingerprint density at radius 1 is 1.10 bits per heavy atom. The van der Waals surface area contributed by atoms with Crippen molar-refractivity contribution >= 4 is 0 Å². The summed E-state index contributed by atoms with van der Waals surface area (Å²) in [6.07, 6.45) is 1.69. The van der Waals surface area contributed by atoms with Crippen LogP contribution in [0.2, 0.25) is 0 Å². The van der Waals surface area contributed by atoms with Gasteiger partial charge in [0.2, 0.25) is 5.82 Å². The van der Waals surface area contributed by atoms with Crippen molar-refractivity contribution in [1.29, 1.82) is 0 Å². The number of nitrogens with two attached hydrogens (primary N) is 1. The van der Waals surface area contributed by atoms with E-state index in [1.165, 1.54) is 4.80 Å². The normalized spacial score (nSPS) is 12.3. The van der Waals surface area contributed by atoms with Crippen molar-refractivity contribution in [3.63, 3.8) is 0 Å². The number of nitrogens with zero attached hydrogens (tertiary/aromatic N) is 5. The van der Waals surface area contributed by atoms with Gasteiger partial charge in [-0.3, -0.25) is 0 Å². The Balaban J connectivity index is 2.03. The van der Waals surface area contributed by atoms with Crippen LogP contribution in [-0.2, 0) is 0 Å². The molecule has 0 radical (unpaired) electrons. The van der Waals surface area contributed by atoms with Crippen LogP contribution in [0.15, 0.2) is 48.7 Å². The zero-order valence-corrected chi connectivity index (χ0v) is 11.0. The third kappa shape index (κ3) is 2.28. The molecule has 0 aliphatic carbocycles. The molecule has 3 aromatic rings. The molecule has 1 unspecified atom stereocenters. The number of hydrogen-bond acceptors (Lipinski definition) is 5. The van der Waals surface area contributed by atoms with Gasteiger partial charge < -0.3 is 5.73 Å². The van der Waals surface area contributed by atoms with Gasteiger partial charge in [-0.15, -0.1) is 15.0 Å². The molecule has 1 atom stereocenters. The molecular formula is C14H14N6. The number of pyridine rings is 1. The van der Waals surface area contributed by atoms with Crippen LogP contribution in [0.3, 0.4) is 0 Å². The van der Waals surface area contributed by atoms with E-state index >= 15 is 0 Å². The number of benzene rings is 1. The lowest BCUT2D eigenvalue weighted by Gasteiger charge is -2.09. The summed E-state index contributed by atoms with van der Waals surface area (Å²) in [5, 5.41) is 12.5. The quantitative estimate of drug-likeness (QED) is 0.780. The molecule has 6 heteroatoms. The third-order valence-corrected chi connectivity index (χ3v) is 2.94. The van der Waals surface area contributed by atoms with E-state index in [-0.39, 0.29) is 6.04 Å². The summed E-state index contributed by atoms with van der Waals surface area (Å²) in [4.78, 5) is 5.71. The van der Waals surface area contributed by atoms with Crippen molar-refractivity contribution in [2.45, 2.75) is 13.0 Å². The second-order valence-electron chi connectivity index (χ2n) is 4.47. The highest BCUT2D eigenvalue weighted by molar-refractivity contribution is 5.53. The highest BCUT2D eigenvalue weighted by Gasteiger charge is 2.13. The zero-order valence-electron chi connectivity index (χ0n) is 11.0. The summed E-state index contributed by atoms with van der Waals surface area (Å²) in [5.74, 6) is 1.17. The molecule has 2 heterocycles. The third-order valence-electron chi connectivity index (χ3n) is 2.94. The molecule has 0 spiro atoms. The molecule has 100 valence electrons. The molecular weight excluding hydrogens is 252 g/mol. The summed E-state index contributed by atoms with van der Waals surface area (Å²) < 4.78 is 0. The first-order chi connectivity index (χ1) is 9.75. The Bertz CT molecular complexity index is 704. The highest BCUT2D eigenvalue weighted by atomic mass is 15.6. The Morgan fingerprint density at radius 2 is 1.90 bits per heavy atom. The van der Waals surface area contributed by atoms with Crippen LogP contribution in [0, 0.1) is 0 Å². The second kappa shape index (κ2) is 5.18. The minimum absolute atomic E-state index is 0.148. The lowest BCUT2D eigenvalue weighted by molar-refractivity contribution is 0.675. The Kier molecular flexibility index (Phi) is 3.22. The van der Waals surface area contributed by atoms with E-state index in [0.29, 0.717) is 11.6 Å². The van der Waals surface area contributed by atoms with Crippen LogP contribution in [-0.4, -0.2) is 25.2 Å². The molecule has 0 aliphatic rings. The second-order valence-corrected chi connectivity index (χ2v) is 4.47. The van der Waals surface area contributed by atoms with Crippen molar-refractivity contribution < 1.29 is 0 Å². The first-order valence-corrected chi connectivity index (χ1v) is 6.32. The molecule has 0 aliphatic heterocycles. The first kappa shape index (κ1) is 12.4. The molecule has 6 nitrogen and oxygen atoms in total. The van der Waals surface area contributed by atoms with Gasteiger partial charge in [0.15, 0.2) is 5.82 Å². The van der Waals surface area contributed by atoms with Gasteiger partial charge in [-0.2, -0.15) is 0 Å². The minimum Gasteiger partial charge on any atom is -0.324 e. The molecule has 1 aromatic carbocycles. The molecule has 0 bridgehead atoms. The summed E-state index contributed by atoms with van der Waals surface area (Å²) in [7, 11) is 0. The van der Waals surface area contributed by atoms with E-state index in [1.807, 2.05) is 49.4 Å². The lowest BCUT2D eigenvalue weighted by atomic mass is 10.1. The molecule has 0 saturated heterocycles. The van der Waals surface area contributed by atoms with Crippen molar-refractivity contribution in [1.82, 2.24) is 25.2 Å². The van der Waals surface area contributed by atoms with E-state index in [2.05, 4.69) is 20.4 Å². The van der Waals surface area contributed by atoms with Gasteiger partial charge in [0.1, 0.15) is 0 Å². The van der Waals surface area contributed by atoms with Gasteiger partial charge in [-0.1, -0.05) is 36.4 Å². The van der Waals surface area contributed by atoms with Crippen molar-refractivity contribution in [2.75, 3.05) is 0 Å². The molecule has 2 aromatic heterocycles. The van der Waals surface area contributed by atoms with Crippen LogP contribution >= 0.6 is 0 Å². The Labute approximate surface area is 116 Å². The average molecular weight is 266 g/mol. The van der Waals surface area contributed by atoms with Gasteiger partial charge in [0, 0.05) is 23.4 Å². The topological polar surface area (TPSA) is 82.5 Å². The van der Waals surface area contributed by atoms with Crippen LogP contribution < -0.4 is 5.73 Å². The van der Waals surface area contributed by atoms with E-state index in [0.717, 1.165) is 11.1 Å². The fraction of sp³-hybridized carbons (Fsp3) is 0.143. The average Bonchev–Trinajstić information content (AvgIpc) is 2.98. The summed E-state index contributed by atoms with van der Waals surface area (Å²) >= 11 is 0. The van der Waals surface area contributed by atoms with Gasteiger partial charge >= 0.3 is 0 Å². The maximum absolute atomic E-state index is 5.94. The largest absolute Gasteiger partial charge is 0.324 e. The Morgan fingerprint density at radius 3 is 2.65 bits per heavy atom. The number of rotatable bonds is 3. The molecule has 0 amide bonds. The maximum atomic E-state index is 5.94. The van der Waals surface area contributed by atoms with Crippen LogP contribution in [0.5, 0.6) is 0 Å². The van der Waals surface area contributed by atoms with Gasteiger partial charge in [0.05, 0.1) is 0 Å². The minimum atomic E-state index is -0.148. The van der Waals surface area contributed by atoms with E-state index in [4.69, 9.17) is 5.73 Å². The smallest absolute Gasteiger partial charge is 0.205 e.